The first kappa shape index (κ1) is 26.3. The van der Waals surface area contributed by atoms with Gasteiger partial charge in [-0.05, 0) is 51.5 Å². The van der Waals surface area contributed by atoms with E-state index >= 15 is 0 Å². The summed E-state index contributed by atoms with van der Waals surface area (Å²) in [6, 6.07) is 0.184. The molecular weight excluding hydrogens is 442 g/mol. The molecule has 4 fully saturated rings. The molecule has 4 aliphatic rings. The lowest BCUT2D eigenvalue weighted by molar-refractivity contribution is -0.142. The maximum Gasteiger partial charge on any atom is 0.321 e. The van der Waals surface area contributed by atoms with Gasteiger partial charge < -0.3 is 21.1 Å². The van der Waals surface area contributed by atoms with Crippen molar-refractivity contribution in [2.45, 2.75) is 88.4 Å². The Morgan fingerprint density at radius 3 is 2.00 bits per heavy atom. The molecule has 1 heterocycles. The molecule has 4 unspecified atom stereocenters. The number of nitrogens with two attached hydrogens (primary N) is 1. The summed E-state index contributed by atoms with van der Waals surface area (Å²) in [6.07, 6.45) is 7.48. The number of likely N-dealkylation sites (N-methyl/N-ethyl adjacent to an activating group) is 1. The lowest BCUT2D eigenvalue weighted by Crippen LogP contribution is -2.54. The topological polar surface area (TPSA) is 119 Å². The molecule has 0 aromatic rings. The number of halogens is 2. The van der Waals surface area contributed by atoms with Gasteiger partial charge in [0.2, 0.25) is 5.91 Å². The van der Waals surface area contributed by atoms with Crippen LogP contribution < -0.4 is 11.1 Å². The van der Waals surface area contributed by atoms with Crippen LogP contribution in [0.15, 0.2) is 24.8 Å². The van der Waals surface area contributed by atoms with Crippen LogP contribution in [0.25, 0.3) is 0 Å². The van der Waals surface area contributed by atoms with Crippen LogP contribution in [0.2, 0.25) is 0 Å². The fourth-order valence-corrected chi connectivity index (χ4v) is 6.40. The number of rotatable bonds is 7. The lowest BCUT2D eigenvalue weighted by Gasteiger charge is -2.36. The van der Waals surface area contributed by atoms with Crippen LogP contribution >= 0.6 is 0 Å². The summed E-state index contributed by atoms with van der Waals surface area (Å²) in [7, 11) is 1.54. The van der Waals surface area contributed by atoms with Crippen molar-refractivity contribution in [1.82, 2.24) is 10.2 Å². The van der Waals surface area contributed by atoms with Crippen LogP contribution in [0, 0.1) is 28.1 Å². The summed E-state index contributed by atoms with van der Waals surface area (Å²) in [5.41, 5.74) is 4.33. The Morgan fingerprint density at radius 1 is 1.09 bits per heavy atom. The van der Waals surface area contributed by atoms with E-state index in [1.54, 1.807) is 11.9 Å². The van der Waals surface area contributed by atoms with E-state index in [-0.39, 0.29) is 18.0 Å². The Balaban J connectivity index is 0.000000204. The minimum Gasteiger partial charge on any atom is -0.480 e. The summed E-state index contributed by atoms with van der Waals surface area (Å²) in [4.78, 5) is 25.3. The second-order valence-electron chi connectivity index (χ2n) is 10.3. The van der Waals surface area contributed by atoms with E-state index in [0.717, 1.165) is 38.5 Å². The van der Waals surface area contributed by atoms with Gasteiger partial charge in [0.15, 0.2) is 0 Å². The molecule has 34 heavy (non-hydrogen) atoms. The summed E-state index contributed by atoms with van der Waals surface area (Å²) >= 11 is 0. The molecule has 5 atom stereocenters. The number of likely N-dealkylation sites (tertiary alicyclic amines) is 1. The van der Waals surface area contributed by atoms with E-state index in [0.29, 0.717) is 31.6 Å². The first-order chi connectivity index (χ1) is 16.1. The number of aliphatic carboxylic acids is 1. The summed E-state index contributed by atoms with van der Waals surface area (Å²) in [6.45, 7) is 6.72. The predicted molar refractivity (Wildman–Crippen MR) is 124 cm³/mol. The minimum absolute atomic E-state index is 0.157. The Labute approximate surface area is 200 Å². The number of hydrogen-bond acceptors (Lipinski definition) is 5. The summed E-state index contributed by atoms with van der Waals surface area (Å²) in [5.74, 6) is -1.80. The minimum atomic E-state index is -1.01. The Bertz CT molecular complexity index is 874. The standard InChI is InChI=1S/C15H20FN3O.C10H16FNO2/c1-9(16)15(4-2-3-5-15)13(18)14(20)19-11(8-17)6-10-7-12(10)19;1-7(11)10(5-3-4-6-10)8(12-2)9(13)14/h10-13H,1-7,18H2;8,12H,1,3-6H2,2H3,(H,13,14)/t10?,11?,12?,13-;/m1./s1. The normalized spacial score (nSPS) is 29.7. The molecule has 3 aliphatic carbocycles. The van der Waals surface area contributed by atoms with E-state index in [9.17, 15) is 18.4 Å². The number of fused-ring (bicyclic) bond motifs is 1. The maximum absolute atomic E-state index is 13.9. The molecule has 4 rings (SSSR count). The predicted octanol–water partition coefficient (Wildman–Crippen LogP) is 3.57. The van der Waals surface area contributed by atoms with Crippen molar-refractivity contribution >= 4 is 11.9 Å². The Kier molecular flexibility index (Phi) is 7.83. The molecule has 0 radical (unpaired) electrons. The number of piperidine rings is 1. The van der Waals surface area contributed by atoms with Crippen LogP contribution in [0.5, 0.6) is 0 Å². The molecule has 0 spiro atoms. The highest BCUT2D eigenvalue weighted by Crippen LogP contribution is 2.51. The molecule has 0 bridgehead atoms. The zero-order valence-corrected chi connectivity index (χ0v) is 19.9. The average Bonchev–Trinajstić information content (AvgIpc) is 3.22. The second kappa shape index (κ2) is 10.1. The van der Waals surface area contributed by atoms with Crippen LogP contribution in [0.3, 0.4) is 0 Å². The second-order valence-corrected chi connectivity index (χ2v) is 10.3. The summed E-state index contributed by atoms with van der Waals surface area (Å²) in [5, 5.41) is 20.8. The van der Waals surface area contributed by atoms with Crippen LogP contribution in [0.1, 0.15) is 64.2 Å². The zero-order chi connectivity index (χ0) is 25.3. The molecule has 9 heteroatoms. The molecule has 1 saturated heterocycles. The fraction of sp³-hybridized carbons (Fsp3) is 0.720. The fourth-order valence-electron chi connectivity index (χ4n) is 6.40. The average molecular weight is 479 g/mol. The van der Waals surface area contributed by atoms with E-state index in [1.807, 2.05) is 0 Å². The number of amides is 1. The van der Waals surface area contributed by atoms with Gasteiger partial charge in [-0.25, -0.2) is 8.78 Å². The third-order valence-corrected chi connectivity index (χ3v) is 8.53. The first-order valence-corrected chi connectivity index (χ1v) is 12.1. The highest BCUT2D eigenvalue weighted by Gasteiger charge is 2.57. The van der Waals surface area contributed by atoms with Crippen molar-refractivity contribution < 1.29 is 23.5 Å². The van der Waals surface area contributed by atoms with Crippen molar-refractivity contribution in [3.63, 3.8) is 0 Å². The zero-order valence-electron chi connectivity index (χ0n) is 19.9. The monoisotopic (exact) mass is 478 g/mol. The van der Waals surface area contributed by atoms with Crippen molar-refractivity contribution in [1.29, 1.82) is 5.26 Å². The third kappa shape index (κ3) is 4.50. The van der Waals surface area contributed by atoms with Gasteiger partial charge in [0, 0.05) is 16.9 Å². The lowest BCUT2D eigenvalue weighted by atomic mass is 9.77. The number of hydrogen-bond donors (Lipinski definition) is 3. The largest absolute Gasteiger partial charge is 0.480 e. The number of nitriles is 1. The van der Waals surface area contributed by atoms with Gasteiger partial charge in [-0.1, -0.05) is 38.8 Å². The molecule has 7 nitrogen and oxygen atoms in total. The van der Waals surface area contributed by atoms with Crippen molar-refractivity contribution in [3.8, 4) is 6.07 Å². The third-order valence-electron chi connectivity index (χ3n) is 8.53. The van der Waals surface area contributed by atoms with E-state index in [1.165, 1.54) is 0 Å². The number of carbonyl (C=O) groups excluding carboxylic acids is 1. The van der Waals surface area contributed by atoms with Crippen molar-refractivity contribution in [3.05, 3.63) is 24.8 Å². The highest BCUT2D eigenvalue weighted by molar-refractivity contribution is 5.85. The molecule has 1 aliphatic heterocycles. The van der Waals surface area contributed by atoms with E-state index in [4.69, 9.17) is 16.1 Å². The van der Waals surface area contributed by atoms with Crippen LogP contribution in [-0.2, 0) is 9.59 Å². The van der Waals surface area contributed by atoms with Gasteiger partial charge in [0.05, 0.1) is 12.1 Å². The number of nitrogens with zero attached hydrogens (tertiary/aromatic N) is 2. The molecule has 1 amide bonds. The highest BCUT2D eigenvalue weighted by atomic mass is 19.1. The van der Waals surface area contributed by atoms with Gasteiger partial charge in [-0.2, -0.15) is 5.26 Å². The molecule has 0 aromatic carbocycles. The Morgan fingerprint density at radius 2 is 1.59 bits per heavy atom. The van der Waals surface area contributed by atoms with Crippen molar-refractivity contribution in [2.24, 2.45) is 22.5 Å². The van der Waals surface area contributed by atoms with Gasteiger partial charge in [0.25, 0.3) is 0 Å². The van der Waals surface area contributed by atoms with Gasteiger partial charge >= 0.3 is 5.97 Å². The number of carbonyl (C=O) groups is 2. The van der Waals surface area contributed by atoms with Crippen molar-refractivity contribution in [2.75, 3.05) is 7.05 Å². The number of nitrogens with one attached hydrogen (secondary N) is 1. The molecule has 3 saturated carbocycles. The van der Waals surface area contributed by atoms with Gasteiger partial charge in [0.1, 0.15) is 23.7 Å². The SMILES string of the molecule is C=C(F)C1(C(NC)C(=O)O)CCCC1.C=C(F)C1([C@H](N)C(=O)N2C(C#N)CC3CC32)CCCC1. The first-order valence-electron chi connectivity index (χ1n) is 12.1. The Hall–Kier alpha value is -2.31. The number of carboxylic acid groups (broad SMARTS) is 1. The van der Waals surface area contributed by atoms with Gasteiger partial charge in [-0.3, -0.25) is 9.59 Å². The maximum atomic E-state index is 13.9. The number of carboxylic acids is 1. The van der Waals surface area contributed by atoms with Crippen LogP contribution in [0.4, 0.5) is 8.78 Å². The van der Waals surface area contributed by atoms with E-state index < -0.39 is 40.5 Å². The van der Waals surface area contributed by atoms with Crippen LogP contribution in [-0.4, -0.2) is 53.1 Å². The smallest absolute Gasteiger partial charge is 0.321 e. The molecule has 4 N–H and O–H groups in total. The van der Waals surface area contributed by atoms with E-state index in [2.05, 4.69) is 24.5 Å². The molecule has 188 valence electrons. The van der Waals surface area contributed by atoms with Gasteiger partial charge in [-0.15, -0.1) is 0 Å². The quantitative estimate of drug-likeness (QED) is 0.515. The molecule has 0 aromatic heterocycles. The molecular formula is C25H36F2N4O3. The summed E-state index contributed by atoms with van der Waals surface area (Å²) < 4.78 is 27.3.